The fourth-order valence-corrected chi connectivity index (χ4v) is 2.51. The van der Waals surface area contributed by atoms with Gasteiger partial charge in [-0.25, -0.2) is 9.78 Å². The van der Waals surface area contributed by atoms with Gasteiger partial charge in [0.15, 0.2) is 0 Å². The van der Waals surface area contributed by atoms with E-state index in [-0.39, 0.29) is 0 Å². The number of nitrogens with one attached hydrogen (secondary N) is 1. The summed E-state index contributed by atoms with van der Waals surface area (Å²) < 4.78 is 0. The molecule has 0 unspecified atom stereocenters. The van der Waals surface area contributed by atoms with Gasteiger partial charge in [-0.15, -0.1) is 0 Å². The first kappa shape index (κ1) is 13.8. The Balaban J connectivity index is 2.17. The van der Waals surface area contributed by atoms with Crippen molar-refractivity contribution in [1.29, 1.82) is 0 Å². The van der Waals surface area contributed by atoms with Crippen LogP contribution in [0, 0.1) is 0 Å². The molecule has 1 aliphatic carbocycles. The Morgan fingerprint density at radius 3 is 2.89 bits per heavy atom. The molecule has 0 aliphatic heterocycles. The third-order valence-corrected chi connectivity index (χ3v) is 3.60. The van der Waals surface area contributed by atoms with Crippen molar-refractivity contribution >= 4 is 11.8 Å². The summed E-state index contributed by atoms with van der Waals surface area (Å²) in [6.45, 7) is 2.94. The number of carboxylic acid groups (broad SMARTS) is 1. The maximum atomic E-state index is 11.3. The van der Waals surface area contributed by atoms with Crippen LogP contribution in [0.25, 0.3) is 0 Å². The van der Waals surface area contributed by atoms with Crippen molar-refractivity contribution in [1.82, 2.24) is 4.98 Å². The summed E-state index contributed by atoms with van der Waals surface area (Å²) in [5.74, 6) is -0.344. The van der Waals surface area contributed by atoms with Crippen molar-refractivity contribution in [2.45, 2.75) is 51.9 Å². The molecule has 1 heterocycles. The lowest BCUT2D eigenvalue weighted by atomic mass is 9.94. The van der Waals surface area contributed by atoms with Crippen LogP contribution in [0.1, 0.15) is 60.6 Å². The minimum atomic E-state index is -0.890. The van der Waals surface area contributed by atoms with Gasteiger partial charge in [0.2, 0.25) is 0 Å². The van der Waals surface area contributed by atoms with Crippen LogP contribution in [0.3, 0.4) is 0 Å². The van der Waals surface area contributed by atoms with Crippen molar-refractivity contribution in [3.8, 4) is 0 Å². The van der Waals surface area contributed by atoms with E-state index in [1.807, 2.05) is 6.07 Å². The lowest BCUT2D eigenvalue weighted by Crippen LogP contribution is -2.14. The number of fused-ring (bicyclic) bond motifs is 1. The number of anilines is 1. The molecule has 19 heavy (non-hydrogen) atoms. The largest absolute Gasteiger partial charge is 0.478 e. The van der Waals surface area contributed by atoms with E-state index in [2.05, 4.69) is 17.2 Å². The molecule has 0 aromatic carbocycles. The van der Waals surface area contributed by atoms with Gasteiger partial charge in [-0.05, 0) is 43.7 Å². The van der Waals surface area contributed by atoms with Gasteiger partial charge in [-0.2, -0.15) is 0 Å². The number of aryl methyl sites for hydroxylation is 2. The molecule has 1 aromatic heterocycles. The number of nitrogens with zero attached hydrogens (tertiary/aromatic N) is 1. The summed E-state index contributed by atoms with van der Waals surface area (Å²) >= 11 is 0. The zero-order valence-corrected chi connectivity index (χ0v) is 11.5. The molecule has 0 bridgehead atoms. The van der Waals surface area contributed by atoms with Gasteiger partial charge in [0.1, 0.15) is 11.4 Å². The SMILES string of the molecule is CCCCCNc1nc2c(cc1C(=O)O)CCCC2. The zero-order chi connectivity index (χ0) is 13.7. The van der Waals surface area contributed by atoms with Gasteiger partial charge in [-0.1, -0.05) is 19.8 Å². The van der Waals surface area contributed by atoms with E-state index in [9.17, 15) is 9.90 Å². The fraction of sp³-hybridized carbons (Fsp3) is 0.600. The van der Waals surface area contributed by atoms with E-state index in [0.717, 1.165) is 62.7 Å². The summed E-state index contributed by atoms with van der Waals surface area (Å²) in [5, 5.41) is 12.5. The molecule has 0 atom stereocenters. The second-order valence-corrected chi connectivity index (χ2v) is 5.14. The van der Waals surface area contributed by atoms with Crippen LogP contribution in [0.15, 0.2) is 6.07 Å². The Bertz CT molecular complexity index is 458. The zero-order valence-electron chi connectivity index (χ0n) is 11.5. The molecule has 104 valence electrons. The summed E-state index contributed by atoms with van der Waals surface area (Å²) in [7, 11) is 0. The smallest absolute Gasteiger partial charge is 0.339 e. The molecule has 0 saturated heterocycles. The topological polar surface area (TPSA) is 62.2 Å². The minimum Gasteiger partial charge on any atom is -0.478 e. The van der Waals surface area contributed by atoms with Crippen LogP contribution < -0.4 is 5.32 Å². The van der Waals surface area contributed by atoms with Gasteiger partial charge in [0, 0.05) is 12.2 Å². The van der Waals surface area contributed by atoms with Crippen molar-refractivity contribution in [2.75, 3.05) is 11.9 Å². The highest BCUT2D eigenvalue weighted by molar-refractivity contribution is 5.93. The van der Waals surface area contributed by atoms with Crippen molar-refractivity contribution in [3.63, 3.8) is 0 Å². The summed E-state index contributed by atoms with van der Waals surface area (Å²) in [6, 6.07) is 1.81. The lowest BCUT2D eigenvalue weighted by Gasteiger charge is -2.18. The summed E-state index contributed by atoms with van der Waals surface area (Å²) in [5.41, 5.74) is 2.51. The molecule has 0 spiro atoms. The molecule has 1 aliphatic rings. The van der Waals surface area contributed by atoms with E-state index in [0.29, 0.717) is 11.4 Å². The van der Waals surface area contributed by atoms with Crippen LogP contribution in [-0.4, -0.2) is 22.6 Å². The number of carbonyl (C=O) groups is 1. The molecule has 2 N–H and O–H groups in total. The Hall–Kier alpha value is -1.58. The normalized spacial score (nSPS) is 13.9. The number of hydrogen-bond acceptors (Lipinski definition) is 3. The van der Waals surface area contributed by atoms with Crippen molar-refractivity contribution in [2.24, 2.45) is 0 Å². The Kier molecular flexibility index (Phi) is 4.77. The lowest BCUT2D eigenvalue weighted by molar-refractivity contribution is 0.0697. The second-order valence-electron chi connectivity index (χ2n) is 5.14. The minimum absolute atomic E-state index is 0.317. The summed E-state index contributed by atoms with van der Waals surface area (Å²) in [4.78, 5) is 15.9. The monoisotopic (exact) mass is 262 g/mol. The first-order valence-corrected chi connectivity index (χ1v) is 7.22. The number of carboxylic acids is 1. The van der Waals surface area contributed by atoms with Gasteiger partial charge in [0.25, 0.3) is 0 Å². The quantitative estimate of drug-likeness (QED) is 0.772. The number of aromatic nitrogens is 1. The number of hydrogen-bond donors (Lipinski definition) is 2. The molecule has 0 fully saturated rings. The third kappa shape index (κ3) is 3.46. The van der Waals surface area contributed by atoms with Crippen molar-refractivity contribution in [3.05, 3.63) is 22.9 Å². The Morgan fingerprint density at radius 2 is 2.16 bits per heavy atom. The van der Waals surface area contributed by atoms with Crippen LogP contribution in [0.5, 0.6) is 0 Å². The molecular weight excluding hydrogens is 240 g/mol. The first-order valence-electron chi connectivity index (χ1n) is 7.22. The standard InChI is InChI=1S/C15H22N2O2/c1-2-3-6-9-16-14-12(15(18)19)10-11-7-4-5-8-13(11)17-14/h10H,2-9H2,1H3,(H,16,17)(H,18,19). The fourth-order valence-electron chi connectivity index (χ4n) is 2.51. The maximum absolute atomic E-state index is 11.3. The first-order chi connectivity index (χ1) is 9.22. The van der Waals surface area contributed by atoms with Crippen LogP contribution in [0.4, 0.5) is 5.82 Å². The Morgan fingerprint density at radius 1 is 1.37 bits per heavy atom. The predicted octanol–water partition coefficient (Wildman–Crippen LogP) is 3.26. The second kappa shape index (κ2) is 6.55. The van der Waals surface area contributed by atoms with Gasteiger partial charge < -0.3 is 10.4 Å². The highest BCUT2D eigenvalue weighted by Crippen LogP contribution is 2.24. The molecule has 0 saturated carbocycles. The van der Waals surface area contributed by atoms with E-state index in [4.69, 9.17) is 0 Å². The van der Waals surface area contributed by atoms with Crippen LogP contribution in [0.2, 0.25) is 0 Å². The number of aromatic carboxylic acids is 1. The predicted molar refractivity (Wildman–Crippen MR) is 75.9 cm³/mol. The average molecular weight is 262 g/mol. The molecular formula is C15H22N2O2. The maximum Gasteiger partial charge on any atom is 0.339 e. The van der Waals surface area contributed by atoms with Gasteiger partial charge in [-0.3, -0.25) is 0 Å². The Labute approximate surface area is 114 Å². The van der Waals surface area contributed by atoms with E-state index < -0.39 is 5.97 Å². The highest BCUT2D eigenvalue weighted by Gasteiger charge is 2.18. The molecule has 0 amide bonds. The molecule has 2 rings (SSSR count). The highest BCUT2D eigenvalue weighted by atomic mass is 16.4. The molecule has 0 radical (unpaired) electrons. The third-order valence-electron chi connectivity index (χ3n) is 3.60. The average Bonchev–Trinajstić information content (AvgIpc) is 2.42. The number of rotatable bonds is 6. The number of pyridine rings is 1. The van der Waals surface area contributed by atoms with E-state index >= 15 is 0 Å². The molecule has 1 aromatic rings. The van der Waals surface area contributed by atoms with Gasteiger partial charge in [0.05, 0.1) is 0 Å². The van der Waals surface area contributed by atoms with E-state index in [1.54, 1.807) is 0 Å². The number of unbranched alkanes of at least 4 members (excludes halogenated alkanes) is 2. The molecule has 4 nitrogen and oxygen atoms in total. The van der Waals surface area contributed by atoms with E-state index in [1.165, 1.54) is 0 Å². The van der Waals surface area contributed by atoms with Crippen LogP contribution in [-0.2, 0) is 12.8 Å². The summed E-state index contributed by atoms with van der Waals surface area (Å²) in [6.07, 6.45) is 7.58. The van der Waals surface area contributed by atoms with Crippen LogP contribution >= 0.6 is 0 Å². The molecule has 4 heteroatoms. The van der Waals surface area contributed by atoms with Gasteiger partial charge >= 0.3 is 5.97 Å². The van der Waals surface area contributed by atoms with Crippen molar-refractivity contribution < 1.29 is 9.90 Å².